The highest BCUT2D eigenvalue weighted by molar-refractivity contribution is 5.92. The van der Waals surface area contributed by atoms with Gasteiger partial charge in [-0.3, -0.25) is 9.69 Å². The smallest absolute Gasteiger partial charge is 0.160 e. The van der Waals surface area contributed by atoms with E-state index in [-0.39, 0.29) is 5.78 Å². The molecule has 0 aliphatic carbocycles. The Kier molecular flexibility index (Phi) is 6.23. The minimum absolute atomic E-state index is 0.249. The van der Waals surface area contributed by atoms with Crippen LogP contribution in [0.5, 0.6) is 0 Å². The lowest BCUT2D eigenvalue weighted by Gasteiger charge is -2.31. The van der Waals surface area contributed by atoms with Crippen LogP contribution in [0.1, 0.15) is 62.1 Å². The van der Waals surface area contributed by atoms with Gasteiger partial charge in [-0.15, -0.1) is 0 Å². The third kappa shape index (κ3) is 4.26. The van der Waals surface area contributed by atoms with Crippen molar-refractivity contribution in [1.29, 1.82) is 0 Å². The molecule has 1 saturated heterocycles. The van der Waals surface area contributed by atoms with E-state index in [0.717, 1.165) is 53.9 Å². The van der Waals surface area contributed by atoms with Gasteiger partial charge in [0.05, 0.1) is 18.8 Å². The van der Waals surface area contributed by atoms with Crippen LogP contribution >= 0.6 is 0 Å². The Morgan fingerprint density at radius 3 is 2.74 bits per heavy atom. The van der Waals surface area contributed by atoms with Crippen molar-refractivity contribution in [2.75, 3.05) is 26.7 Å². The van der Waals surface area contributed by atoms with Gasteiger partial charge in [-0.25, -0.2) is 9.50 Å². The zero-order valence-electron chi connectivity index (χ0n) is 20.5. The van der Waals surface area contributed by atoms with Crippen molar-refractivity contribution in [1.82, 2.24) is 24.5 Å². The van der Waals surface area contributed by atoms with Gasteiger partial charge in [0, 0.05) is 35.3 Å². The van der Waals surface area contributed by atoms with Gasteiger partial charge in [-0.1, -0.05) is 19.9 Å². The Morgan fingerprint density at radius 2 is 2.03 bits per heavy atom. The number of pyridine rings is 1. The number of hydrogen-bond donors (Lipinski definition) is 1. The standard InChI is InChI=1S/C27H33N5O2/c1-17(2)25-23-12-20(19-7-9-31(10-8-19)13-18(3)33)5-6-24(23)30-26(25)21-11-22(15-34-4)27-28-16-29-32(27)14-21/h5-6,11-12,14,16-17,19,30H,7-10,13,15H2,1-4H3. The second-order valence-electron chi connectivity index (χ2n) is 9.84. The Bertz CT molecular complexity index is 1330. The maximum Gasteiger partial charge on any atom is 0.160 e. The quantitative estimate of drug-likeness (QED) is 0.425. The minimum atomic E-state index is 0.249. The number of hydrogen-bond acceptors (Lipinski definition) is 5. The third-order valence-electron chi connectivity index (χ3n) is 6.99. The number of benzene rings is 1. The number of rotatable bonds is 7. The Labute approximate surface area is 200 Å². The highest BCUT2D eigenvalue weighted by Gasteiger charge is 2.23. The lowest BCUT2D eigenvalue weighted by Crippen LogP contribution is -2.36. The summed E-state index contributed by atoms with van der Waals surface area (Å²) in [7, 11) is 1.70. The Balaban J connectivity index is 1.53. The van der Waals surface area contributed by atoms with E-state index in [1.165, 1.54) is 16.5 Å². The number of ketones is 1. The number of nitrogens with one attached hydrogen (secondary N) is 1. The lowest BCUT2D eigenvalue weighted by atomic mass is 9.87. The number of aromatic amines is 1. The highest BCUT2D eigenvalue weighted by Crippen LogP contribution is 2.38. The summed E-state index contributed by atoms with van der Waals surface area (Å²) < 4.78 is 7.26. The SMILES string of the molecule is COCc1cc(-c2[nH]c3ccc(C4CCN(CC(C)=O)CC4)cc3c2C(C)C)cn2ncnc12. The molecule has 4 aromatic rings. The normalized spacial score (nSPS) is 15.7. The molecule has 4 heterocycles. The summed E-state index contributed by atoms with van der Waals surface area (Å²) in [5.74, 6) is 1.14. The molecule has 1 N–H and O–H groups in total. The van der Waals surface area contributed by atoms with Gasteiger partial charge in [0.1, 0.15) is 12.1 Å². The van der Waals surface area contributed by atoms with Crippen LogP contribution in [0, 0.1) is 0 Å². The van der Waals surface area contributed by atoms with Gasteiger partial charge < -0.3 is 9.72 Å². The zero-order valence-corrected chi connectivity index (χ0v) is 20.5. The highest BCUT2D eigenvalue weighted by atomic mass is 16.5. The molecule has 1 fully saturated rings. The van der Waals surface area contributed by atoms with Crippen molar-refractivity contribution < 1.29 is 9.53 Å². The summed E-state index contributed by atoms with van der Waals surface area (Å²) in [5, 5.41) is 5.68. The van der Waals surface area contributed by atoms with Gasteiger partial charge in [0.2, 0.25) is 0 Å². The summed E-state index contributed by atoms with van der Waals surface area (Å²) in [5.41, 5.74) is 7.94. The summed E-state index contributed by atoms with van der Waals surface area (Å²) in [6.07, 6.45) is 5.82. The fourth-order valence-electron chi connectivity index (χ4n) is 5.45. The number of carbonyl (C=O) groups excluding carboxylic acids is 1. The van der Waals surface area contributed by atoms with Crippen LogP contribution in [0.4, 0.5) is 0 Å². The number of nitrogens with zero attached hydrogens (tertiary/aromatic N) is 4. The van der Waals surface area contributed by atoms with Crippen molar-refractivity contribution in [2.45, 2.75) is 52.1 Å². The first kappa shape index (κ1) is 22.7. The fraction of sp³-hybridized carbons (Fsp3) is 0.444. The van der Waals surface area contributed by atoms with Gasteiger partial charge in [-0.2, -0.15) is 5.10 Å². The number of Topliss-reactive ketones (excluding diaryl/α,β-unsaturated/α-hetero) is 1. The number of methoxy groups -OCH3 is 1. The molecule has 0 radical (unpaired) electrons. The van der Waals surface area contributed by atoms with Crippen LogP contribution in [0.25, 0.3) is 27.8 Å². The molecule has 5 rings (SSSR count). The number of likely N-dealkylation sites (tertiary alicyclic amines) is 1. The van der Waals surface area contributed by atoms with Gasteiger partial charge in [0.15, 0.2) is 5.65 Å². The Morgan fingerprint density at radius 1 is 1.24 bits per heavy atom. The molecule has 1 aliphatic rings. The van der Waals surface area contributed by atoms with Crippen LogP contribution in [0.2, 0.25) is 0 Å². The van der Waals surface area contributed by atoms with E-state index >= 15 is 0 Å². The van der Waals surface area contributed by atoms with Crippen LogP contribution in [-0.2, 0) is 16.1 Å². The zero-order chi connectivity index (χ0) is 23.8. The summed E-state index contributed by atoms with van der Waals surface area (Å²) in [6.45, 7) is 9.21. The molecule has 0 saturated carbocycles. The first-order valence-corrected chi connectivity index (χ1v) is 12.1. The van der Waals surface area contributed by atoms with E-state index in [1.807, 2.05) is 10.7 Å². The number of H-pyrrole nitrogens is 1. The molecular formula is C27H33N5O2. The molecule has 7 heteroatoms. The topological polar surface area (TPSA) is 75.5 Å². The van der Waals surface area contributed by atoms with Crippen molar-refractivity contribution in [2.24, 2.45) is 0 Å². The van der Waals surface area contributed by atoms with E-state index in [0.29, 0.717) is 25.0 Å². The first-order chi connectivity index (χ1) is 16.4. The van der Waals surface area contributed by atoms with E-state index in [2.05, 4.69) is 58.1 Å². The van der Waals surface area contributed by atoms with Crippen molar-refractivity contribution in [3.63, 3.8) is 0 Å². The molecule has 34 heavy (non-hydrogen) atoms. The van der Waals surface area contributed by atoms with Gasteiger partial charge in [0.25, 0.3) is 0 Å². The Hall–Kier alpha value is -3.03. The predicted octanol–water partition coefficient (Wildman–Crippen LogP) is 4.92. The number of piperidine rings is 1. The van der Waals surface area contributed by atoms with E-state index in [1.54, 1.807) is 20.4 Å². The largest absolute Gasteiger partial charge is 0.380 e. The predicted molar refractivity (Wildman–Crippen MR) is 134 cm³/mol. The average molecular weight is 460 g/mol. The second kappa shape index (κ2) is 9.31. The molecule has 1 aromatic carbocycles. The molecule has 3 aromatic heterocycles. The number of aromatic nitrogens is 4. The summed E-state index contributed by atoms with van der Waals surface area (Å²) in [6, 6.07) is 9.05. The van der Waals surface area contributed by atoms with Crippen LogP contribution in [0.15, 0.2) is 36.8 Å². The fourth-order valence-corrected chi connectivity index (χ4v) is 5.45. The molecule has 0 spiro atoms. The number of carbonyl (C=O) groups is 1. The molecule has 0 amide bonds. The van der Waals surface area contributed by atoms with Crippen molar-refractivity contribution in [3.05, 3.63) is 53.5 Å². The summed E-state index contributed by atoms with van der Waals surface area (Å²) in [4.78, 5) is 21.9. The molecule has 0 atom stereocenters. The maximum atomic E-state index is 11.5. The van der Waals surface area contributed by atoms with E-state index < -0.39 is 0 Å². The monoisotopic (exact) mass is 459 g/mol. The maximum absolute atomic E-state index is 11.5. The first-order valence-electron chi connectivity index (χ1n) is 12.1. The van der Waals surface area contributed by atoms with Crippen LogP contribution in [-0.4, -0.2) is 57.0 Å². The van der Waals surface area contributed by atoms with Crippen LogP contribution in [0.3, 0.4) is 0 Å². The molecule has 7 nitrogen and oxygen atoms in total. The number of ether oxygens (including phenoxy) is 1. The van der Waals surface area contributed by atoms with Crippen molar-refractivity contribution >= 4 is 22.3 Å². The van der Waals surface area contributed by atoms with Crippen LogP contribution < -0.4 is 0 Å². The molecule has 0 unspecified atom stereocenters. The third-order valence-corrected chi connectivity index (χ3v) is 6.99. The average Bonchev–Trinajstić information content (AvgIpc) is 3.43. The summed E-state index contributed by atoms with van der Waals surface area (Å²) >= 11 is 0. The molecular weight excluding hydrogens is 426 g/mol. The van der Waals surface area contributed by atoms with Crippen molar-refractivity contribution in [3.8, 4) is 11.3 Å². The minimum Gasteiger partial charge on any atom is -0.380 e. The van der Waals surface area contributed by atoms with Gasteiger partial charge in [-0.05, 0) is 74.0 Å². The molecule has 0 bridgehead atoms. The molecule has 1 aliphatic heterocycles. The van der Waals surface area contributed by atoms with Gasteiger partial charge >= 0.3 is 0 Å². The molecule has 178 valence electrons. The second-order valence-corrected chi connectivity index (χ2v) is 9.84. The van der Waals surface area contributed by atoms with E-state index in [4.69, 9.17) is 4.74 Å². The van der Waals surface area contributed by atoms with E-state index in [9.17, 15) is 4.79 Å². The number of fused-ring (bicyclic) bond motifs is 2. The lowest BCUT2D eigenvalue weighted by molar-refractivity contribution is -0.118.